The minimum atomic E-state index is -4.60. The highest BCUT2D eigenvalue weighted by Crippen LogP contribution is 2.40. The Labute approximate surface area is 70.3 Å². The van der Waals surface area contributed by atoms with Crippen LogP contribution in [0.15, 0.2) is 11.6 Å². The van der Waals surface area contributed by atoms with Crippen LogP contribution in [0.2, 0.25) is 0 Å². The monoisotopic (exact) mass is 198 g/mol. The van der Waals surface area contributed by atoms with E-state index >= 15 is 0 Å². The van der Waals surface area contributed by atoms with E-state index in [0.717, 1.165) is 0 Å². The van der Waals surface area contributed by atoms with Crippen molar-refractivity contribution in [2.45, 2.75) is 26.7 Å². The first-order valence-electron chi connectivity index (χ1n) is 3.53. The van der Waals surface area contributed by atoms with Crippen molar-refractivity contribution in [1.29, 1.82) is 0 Å². The fraction of sp³-hybridized carbons (Fsp3) is 0.667. The van der Waals surface area contributed by atoms with Crippen LogP contribution in [0.4, 0.5) is 4.39 Å². The van der Waals surface area contributed by atoms with Crippen molar-refractivity contribution < 1.29 is 23.3 Å². The molecule has 0 atom stereocenters. The quantitative estimate of drug-likeness (QED) is 0.536. The summed E-state index contributed by atoms with van der Waals surface area (Å²) in [5, 5.41) is 0. The Morgan fingerprint density at radius 1 is 1.42 bits per heavy atom. The lowest BCUT2D eigenvalue weighted by molar-refractivity contribution is 0.230. The number of allylic oxidation sites excluding steroid dienone is 2. The van der Waals surface area contributed by atoms with Crippen molar-refractivity contribution in [3.63, 3.8) is 0 Å². The van der Waals surface area contributed by atoms with Crippen LogP contribution in [0.3, 0.4) is 0 Å². The van der Waals surface area contributed by atoms with Gasteiger partial charge in [0.05, 0.1) is 0 Å². The number of hydrogen-bond acceptors (Lipinski definition) is 2. The summed E-state index contributed by atoms with van der Waals surface area (Å²) in [5.74, 6) is -0.897. The predicted octanol–water partition coefficient (Wildman–Crippen LogP) is 2.10. The molecule has 0 aliphatic heterocycles. The molecule has 0 aromatic heterocycles. The maximum absolute atomic E-state index is 12.7. The fourth-order valence-electron chi connectivity index (χ4n) is 0.647. The van der Waals surface area contributed by atoms with Crippen LogP contribution in [-0.2, 0) is 9.09 Å². The van der Waals surface area contributed by atoms with Gasteiger partial charge in [-0.15, -0.1) is 0 Å². The SMILES string of the molecule is CCC(F)=C(CC)OP(=O)(O)O. The highest BCUT2D eigenvalue weighted by Gasteiger charge is 2.19. The zero-order chi connectivity index (χ0) is 9.78. The molecule has 0 heterocycles. The second kappa shape index (κ2) is 4.60. The molecule has 4 nitrogen and oxygen atoms in total. The van der Waals surface area contributed by atoms with Crippen LogP contribution in [0.25, 0.3) is 0 Å². The maximum Gasteiger partial charge on any atom is 0.524 e. The van der Waals surface area contributed by atoms with Crippen molar-refractivity contribution in [2.24, 2.45) is 0 Å². The third-order valence-electron chi connectivity index (χ3n) is 1.16. The molecular weight excluding hydrogens is 186 g/mol. The maximum atomic E-state index is 12.7. The Bertz CT molecular complexity index is 220. The molecule has 0 bridgehead atoms. The van der Waals surface area contributed by atoms with Gasteiger partial charge in [0, 0.05) is 6.42 Å². The summed E-state index contributed by atoms with van der Waals surface area (Å²) in [4.78, 5) is 16.7. The van der Waals surface area contributed by atoms with Crippen LogP contribution >= 0.6 is 7.82 Å². The molecule has 0 aliphatic carbocycles. The van der Waals surface area contributed by atoms with Gasteiger partial charge in [0.25, 0.3) is 0 Å². The van der Waals surface area contributed by atoms with E-state index in [4.69, 9.17) is 9.79 Å². The molecule has 0 aromatic rings. The molecule has 0 saturated heterocycles. The van der Waals surface area contributed by atoms with E-state index in [2.05, 4.69) is 4.52 Å². The third-order valence-corrected chi connectivity index (χ3v) is 1.62. The normalized spacial score (nSPS) is 14.1. The molecule has 0 amide bonds. The fourth-order valence-corrected chi connectivity index (χ4v) is 1.16. The second-order valence-electron chi connectivity index (χ2n) is 2.12. The van der Waals surface area contributed by atoms with E-state index in [-0.39, 0.29) is 18.6 Å². The lowest BCUT2D eigenvalue weighted by Gasteiger charge is -2.09. The Morgan fingerprint density at radius 2 is 1.92 bits per heavy atom. The number of rotatable bonds is 4. The molecule has 0 radical (unpaired) electrons. The van der Waals surface area contributed by atoms with Crippen molar-refractivity contribution in [2.75, 3.05) is 0 Å². The van der Waals surface area contributed by atoms with Gasteiger partial charge in [-0.25, -0.2) is 8.96 Å². The molecule has 6 heteroatoms. The lowest BCUT2D eigenvalue weighted by Crippen LogP contribution is -1.92. The van der Waals surface area contributed by atoms with E-state index in [1.165, 1.54) is 6.92 Å². The standard InChI is InChI=1S/C6H12FO4P/c1-3-5(7)6(4-2)11-12(8,9)10/h3-4H2,1-2H3,(H2,8,9,10). The van der Waals surface area contributed by atoms with Crippen molar-refractivity contribution in [3.05, 3.63) is 11.6 Å². The van der Waals surface area contributed by atoms with E-state index in [0.29, 0.717) is 0 Å². The van der Waals surface area contributed by atoms with Crippen molar-refractivity contribution >= 4 is 7.82 Å². The average molecular weight is 198 g/mol. The Balaban J connectivity index is 4.49. The van der Waals surface area contributed by atoms with E-state index in [9.17, 15) is 8.96 Å². The minimum absolute atomic E-state index is 0.0726. The van der Waals surface area contributed by atoms with Crippen LogP contribution in [0.5, 0.6) is 0 Å². The molecule has 0 unspecified atom stereocenters. The number of phosphoric acid groups is 1. The zero-order valence-electron chi connectivity index (χ0n) is 6.95. The largest absolute Gasteiger partial charge is 0.524 e. The van der Waals surface area contributed by atoms with Crippen molar-refractivity contribution in [1.82, 2.24) is 0 Å². The summed E-state index contributed by atoms with van der Waals surface area (Å²) >= 11 is 0. The van der Waals surface area contributed by atoms with Crippen LogP contribution in [-0.4, -0.2) is 9.79 Å². The predicted molar refractivity (Wildman–Crippen MR) is 41.8 cm³/mol. The highest BCUT2D eigenvalue weighted by atomic mass is 31.2. The molecule has 0 spiro atoms. The Morgan fingerprint density at radius 3 is 2.17 bits per heavy atom. The van der Waals surface area contributed by atoms with Gasteiger partial charge in [-0.3, -0.25) is 9.79 Å². The minimum Gasteiger partial charge on any atom is -0.406 e. The smallest absolute Gasteiger partial charge is 0.406 e. The van der Waals surface area contributed by atoms with Gasteiger partial charge in [-0.1, -0.05) is 13.8 Å². The Kier molecular flexibility index (Phi) is 4.45. The van der Waals surface area contributed by atoms with Crippen molar-refractivity contribution in [3.8, 4) is 0 Å². The molecule has 0 fully saturated rings. The summed E-state index contributed by atoms with van der Waals surface area (Å²) in [6.45, 7) is 3.09. The highest BCUT2D eigenvalue weighted by molar-refractivity contribution is 7.46. The van der Waals surface area contributed by atoms with Crippen LogP contribution in [0.1, 0.15) is 26.7 Å². The van der Waals surface area contributed by atoms with Gasteiger partial charge in [-0.05, 0) is 6.42 Å². The van der Waals surface area contributed by atoms with Gasteiger partial charge < -0.3 is 4.52 Å². The molecule has 0 aromatic carbocycles. The number of phosphoric ester groups is 1. The molecule has 0 saturated carbocycles. The summed E-state index contributed by atoms with van der Waals surface area (Å²) in [5.41, 5.74) is 0. The van der Waals surface area contributed by atoms with Gasteiger partial charge in [0.1, 0.15) is 11.6 Å². The van der Waals surface area contributed by atoms with Crippen LogP contribution in [0, 0.1) is 0 Å². The first-order chi connectivity index (χ1) is 5.40. The molecule has 0 rings (SSSR count). The lowest BCUT2D eigenvalue weighted by atomic mass is 10.3. The van der Waals surface area contributed by atoms with E-state index in [1.807, 2.05) is 0 Å². The molecule has 0 aliphatic rings. The van der Waals surface area contributed by atoms with E-state index < -0.39 is 13.6 Å². The van der Waals surface area contributed by atoms with Gasteiger partial charge in [-0.2, -0.15) is 0 Å². The zero-order valence-corrected chi connectivity index (χ0v) is 7.84. The van der Waals surface area contributed by atoms with Gasteiger partial charge >= 0.3 is 7.82 Å². The van der Waals surface area contributed by atoms with Gasteiger partial charge in [0.2, 0.25) is 0 Å². The number of hydrogen-bond donors (Lipinski definition) is 2. The van der Waals surface area contributed by atoms with E-state index in [1.54, 1.807) is 6.92 Å². The first kappa shape index (κ1) is 11.6. The third kappa shape index (κ3) is 4.49. The molecule has 12 heavy (non-hydrogen) atoms. The molecular formula is C6H12FO4P. The second-order valence-corrected chi connectivity index (χ2v) is 3.28. The molecule has 72 valence electrons. The topological polar surface area (TPSA) is 66.8 Å². The first-order valence-corrected chi connectivity index (χ1v) is 5.06. The summed E-state index contributed by atoms with van der Waals surface area (Å²) in [6, 6.07) is 0. The van der Waals surface area contributed by atoms with Crippen LogP contribution < -0.4 is 0 Å². The summed E-state index contributed by atoms with van der Waals surface area (Å²) in [7, 11) is -4.60. The van der Waals surface area contributed by atoms with Gasteiger partial charge in [0.15, 0.2) is 0 Å². The number of halogens is 1. The molecule has 2 N–H and O–H groups in total. The Hall–Kier alpha value is -0.380. The summed E-state index contributed by atoms with van der Waals surface area (Å²) in [6.07, 6.45) is 0.202. The summed E-state index contributed by atoms with van der Waals surface area (Å²) < 4.78 is 27.1. The average Bonchev–Trinajstić information content (AvgIpc) is 1.97.